The molecule has 0 aliphatic rings. The first-order chi connectivity index (χ1) is 23.7. The van der Waals surface area contributed by atoms with Gasteiger partial charge in [0.1, 0.15) is 13.2 Å². The van der Waals surface area contributed by atoms with Gasteiger partial charge in [0.05, 0.1) is 0 Å². The molecule has 0 bridgehead atoms. The second-order valence-corrected chi connectivity index (χ2v) is 15.6. The van der Waals surface area contributed by atoms with Gasteiger partial charge in [-0.15, -0.1) is 0 Å². The predicted molar refractivity (Wildman–Crippen MR) is 206 cm³/mol. The highest BCUT2D eigenvalue weighted by atomic mass is 16.6. The van der Waals surface area contributed by atoms with Crippen LogP contribution in [0.25, 0.3) is 0 Å². The largest absolute Gasteiger partial charge is 0.462 e. The Morgan fingerprint density at radius 3 is 1.00 bits per heavy atom. The van der Waals surface area contributed by atoms with E-state index in [1.54, 1.807) is 0 Å². The lowest BCUT2D eigenvalue weighted by molar-refractivity contribution is -0.167. The lowest BCUT2D eigenvalue weighted by Crippen LogP contribution is -2.30. The lowest BCUT2D eigenvalue weighted by atomic mass is 10.0. The van der Waals surface area contributed by atoms with E-state index >= 15 is 0 Å². The molecule has 1 atom stereocenters. The van der Waals surface area contributed by atoms with Crippen molar-refractivity contribution < 1.29 is 28.6 Å². The van der Waals surface area contributed by atoms with Crippen LogP contribution >= 0.6 is 0 Å². The summed E-state index contributed by atoms with van der Waals surface area (Å²) in [5, 5.41) is 0. The normalized spacial score (nSPS) is 12.1. The molecule has 0 fully saturated rings. The summed E-state index contributed by atoms with van der Waals surface area (Å²) in [5.41, 5.74) is 0. The Kier molecular flexibility index (Phi) is 35.0. The summed E-state index contributed by atoms with van der Waals surface area (Å²) in [6, 6.07) is 0. The fourth-order valence-corrected chi connectivity index (χ4v) is 6.22. The van der Waals surface area contributed by atoms with Crippen LogP contribution in [0.5, 0.6) is 0 Å². The Morgan fingerprint density at radius 1 is 0.388 bits per heavy atom. The molecule has 0 aromatic heterocycles. The van der Waals surface area contributed by atoms with Crippen LogP contribution in [0.1, 0.15) is 227 Å². The van der Waals surface area contributed by atoms with Crippen molar-refractivity contribution in [2.75, 3.05) is 13.2 Å². The number of esters is 3. The number of carbonyl (C=O) groups excluding carboxylic acids is 3. The van der Waals surface area contributed by atoms with Crippen molar-refractivity contribution in [3.8, 4) is 0 Å². The van der Waals surface area contributed by atoms with Crippen LogP contribution in [0.3, 0.4) is 0 Å². The molecule has 6 nitrogen and oxygen atoms in total. The summed E-state index contributed by atoms with van der Waals surface area (Å²) in [4.78, 5) is 37.4. The van der Waals surface area contributed by atoms with E-state index in [-0.39, 0.29) is 31.1 Å². The molecule has 49 heavy (non-hydrogen) atoms. The summed E-state index contributed by atoms with van der Waals surface area (Å²) in [5.74, 6) is 0.734. The second-order valence-electron chi connectivity index (χ2n) is 15.6. The van der Waals surface area contributed by atoms with E-state index in [1.165, 1.54) is 116 Å². The summed E-state index contributed by atoms with van der Waals surface area (Å²) in [7, 11) is 0. The molecule has 0 N–H and O–H groups in total. The molecule has 0 spiro atoms. The van der Waals surface area contributed by atoms with Crippen molar-refractivity contribution in [1.82, 2.24) is 0 Å². The Bertz CT molecular complexity index is 749. The molecule has 0 saturated heterocycles. The van der Waals surface area contributed by atoms with Crippen LogP contribution in [0, 0.1) is 11.8 Å². The number of carbonyl (C=O) groups is 3. The lowest BCUT2D eigenvalue weighted by Gasteiger charge is -2.18. The fourth-order valence-electron chi connectivity index (χ4n) is 6.22. The fraction of sp³-hybridized carbons (Fsp3) is 0.930. The zero-order chi connectivity index (χ0) is 36.2. The quantitative estimate of drug-likeness (QED) is 0.0366. The van der Waals surface area contributed by atoms with Gasteiger partial charge in [-0.25, -0.2) is 0 Å². The Hall–Kier alpha value is -1.59. The standard InChI is InChI=1S/C43H82O6/c1-6-7-8-9-16-23-28-33-41(44)47-36-40(49-43(46)35-30-25-20-15-18-22-27-32-39(4)5)37-48-42(45)34-29-24-19-14-12-10-11-13-17-21-26-31-38(2)3/h38-40H,6-37H2,1-5H3/t40-/m0/s1. The van der Waals surface area contributed by atoms with Gasteiger partial charge in [-0.1, -0.05) is 189 Å². The average molecular weight is 695 g/mol. The Labute approximate surface area is 304 Å². The minimum atomic E-state index is -0.759. The van der Waals surface area contributed by atoms with E-state index in [0.717, 1.165) is 69.6 Å². The molecule has 0 amide bonds. The third-order valence-electron chi connectivity index (χ3n) is 9.47. The molecule has 0 aliphatic heterocycles. The van der Waals surface area contributed by atoms with Crippen molar-refractivity contribution in [1.29, 1.82) is 0 Å². The van der Waals surface area contributed by atoms with Crippen LogP contribution in [0.4, 0.5) is 0 Å². The van der Waals surface area contributed by atoms with Crippen LogP contribution in [-0.2, 0) is 28.6 Å². The molecule has 0 aromatic carbocycles. The topological polar surface area (TPSA) is 78.9 Å². The maximum absolute atomic E-state index is 12.6. The molecule has 0 saturated carbocycles. The van der Waals surface area contributed by atoms with Gasteiger partial charge in [-0.3, -0.25) is 14.4 Å². The molecule has 0 aliphatic carbocycles. The maximum Gasteiger partial charge on any atom is 0.306 e. The average Bonchev–Trinajstić information content (AvgIpc) is 3.06. The number of ether oxygens (including phenoxy) is 3. The summed E-state index contributed by atoms with van der Waals surface area (Å²) >= 11 is 0. The zero-order valence-electron chi connectivity index (χ0n) is 33.3. The van der Waals surface area contributed by atoms with Crippen molar-refractivity contribution in [3.63, 3.8) is 0 Å². The monoisotopic (exact) mass is 695 g/mol. The van der Waals surface area contributed by atoms with Gasteiger partial charge in [0.2, 0.25) is 0 Å². The smallest absolute Gasteiger partial charge is 0.306 e. The number of hydrogen-bond acceptors (Lipinski definition) is 6. The molecule has 0 aromatic rings. The second kappa shape index (κ2) is 36.2. The van der Waals surface area contributed by atoms with E-state index in [4.69, 9.17) is 14.2 Å². The number of hydrogen-bond donors (Lipinski definition) is 0. The van der Waals surface area contributed by atoms with Gasteiger partial charge in [0, 0.05) is 19.3 Å². The van der Waals surface area contributed by atoms with Gasteiger partial charge in [0.15, 0.2) is 6.10 Å². The molecule has 0 rings (SSSR count). The summed E-state index contributed by atoms with van der Waals surface area (Å²) in [6.45, 7) is 11.2. The van der Waals surface area contributed by atoms with Crippen LogP contribution < -0.4 is 0 Å². The third-order valence-corrected chi connectivity index (χ3v) is 9.47. The first-order valence-electron chi connectivity index (χ1n) is 21.2. The highest BCUT2D eigenvalue weighted by molar-refractivity contribution is 5.71. The van der Waals surface area contributed by atoms with Gasteiger partial charge in [-0.05, 0) is 31.1 Å². The molecule has 0 radical (unpaired) electrons. The molecule has 0 unspecified atom stereocenters. The van der Waals surface area contributed by atoms with Gasteiger partial charge < -0.3 is 14.2 Å². The highest BCUT2D eigenvalue weighted by Crippen LogP contribution is 2.16. The maximum atomic E-state index is 12.6. The van der Waals surface area contributed by atoms with E-state index in [1.807, 2.05) is 0 Å². The molecular weight excluding hydrogens is 612 g/mol. The third kappa shape index (κ3) is 37.5. The van der Waals surface area contributed by atoms with E-state index in [2.05, 4.69) is 34.6 Å². The number of rotatable bonds is 37. The molecule has 0 heterocycles. The molecular formula is C43H82O6. The minimum absolute atomic E-state index is 0.0663. The first-order valence-corrected chi connectivity index (χ1v) is 21.2. The predicted octanol–water partition coefficient (Wildman–Crippen LogP) is 13.0. The van der Waals surface area contributed by atoms with Crippen LogP contribution in [-0.4, -0.2) is 37.2 Å². The van der Waals surface area contributed by atoms with Crippen molar-refractivity contribution in [2.24, 2.45) is 11.8 Å². The van der Waals surface area contributed by atoms with E-state index in [9.17, 15) is 14.4 Å². The van der Waals surface area contributed by atoms with Gasteiger partial charge >= 0.3 is 17.9 Å². The first kappa shape index (κ1) is 47.4. The van der Waals surface area contributed by atoms with Crippen LogP contribution in [0.2, 0.25) is 0 Å². The molecule has 6 heteroatoms. The van der Waals surface area contributed by atoms with E-state index in [0.29, 0.717) is 19.3 Å². The van der Waals surface area contributed by atoms with Crippen molar-refractivity contribution >= 4 is 17.9 Å². The van der Waals surface area contributed by atoms with Gasteiger partial charge in [-0.2, -0.15) is 0 Å². The minimum Gasteiger partial charge on any atom is -0.462 e. The zero-order valence-corrected chi connectivity index (χ0v) is 33.3. The van der Waals surface area contributed by atoms with Crippen molar-refractivity contribution in [3.05, 3.63) is 0 Å². The van der Waals surface area contributed by atoms with Crippen LogP contribution in [0.15, 0.2) is 0 Å². The summed E-state index contributed by atoms with van der Waals surface area (Å²) in [6.07, 6.45) is 32.5. The number of unbranched alkanes of at least 4 members (excludes halogenated alkanes) is 22. The Balaban J connectivity index is 4.28. The Morgan fingerprint density at radius 2 is 0.673 bits per heavy atom. The van der Waals surface area contributed by atoms with Crippen molar-refractivity contribution in [2.45, 2.75) is 233 Å². The highest BCUT2D eigenvalue weighted by Gasteiger charge is 2.19. The SMILES string of the molecule is CCCCCCCCCC(=O)OC[C@@H](COC(=O)CCCCCCCCCCCCCC(C)C)OC(=O)CCCCCCCCCC(C)C. The van der Waals surface area contributed by atoms with Gasteiger partial charge in [0.25, 0.3) is 0 Å². The van der Waals surface area contributed by atoms with E-state index < -0.39 is 6.10 Å². The summed E-state index contributed by atoms with van der Waals surface area (Å²) < 4.78 is 16.6. The molecule has 290 valence electrons.